The molecule has 9 heteroatoms. The summed E-state index contributed by atoms with van der Waals surface area (Å²) in [5.41, 5.74) is 1.56. The summed E-state index contributed by atoms with van der Waals surface area (Å²) in [6, 6.07) is 13.5. The van der Waals surface area contributed by atoms with Crippen molar-refractivity contribution in [1.29, 1.82) is 0 Å². The number of hydrogen-bond acceptors (Lipinski definition) is 7. The Kier molecular flexibility index (Phi) is 8.22. The number of halogens is 1. The first kappa shape index (κ1) is 25.2. The zero-order valence-electron chi connectivity index (χ0n) is 20.8. The van der Waals surface area contributed by atoms with Gasteiger partial charge in [-0.2, -0.15) is 0 Å². The summed E-state index contributed by atoms with van der Waals surface area (Å²) in [7, 11) is 4.86. The molecule has 1 amide bonds. The van der Waals surface area contributed by atoms with Gasteiger partial charge in [0.1, 0.15) is 11.6 Å². The zero-order valence-corrected chi connectivity index (χ0v) is 20.8. The minimum atomic E-state index is -0.556. The van der Waals surface area contributed by atoms with Crippen LogP contribution in [0.3, 0.4) is 0 Å². The van der Waals surface area contributed by atoms with Crippen LogP contribution in [0.15, 0.2) is 54.7 Å². The Labute approximate surface area is 210 Å². The van der Waals surface area contributed by atoms with E-state index < -0.39 is 11.7 Å². The lowest BCUT2D eigenvalue weighted by Crippen LogP contribution is -2.31. The van der Waals surface area contributed by atoms with Crippen LogP contribution in [0.25, 0.3) is 0 Å². The topological polar surface area (TPSA) is 76.2 Å². The van der Waals surface area contributed by atoms with Gasteiger partial charge < -0.3 is 24.4 Å². The van der Waals surface area contributed by atoms with E-state index in [1.54, 1.807) is 45.7 Å². The molecule has 1 aliphatic rings. The van der Waals surface area contributed by atoms with Crippen LogP contribution in [0.4, 0.5) is 15.9 Å². The average molecular weight is 495 g/mol. The van der Waals surface area contributed by atoms with Crippen molar-refractivity contribution < 1.29 is 23.4 Å². The lowest BCUT2D eigenvalue weighted by Gasteiger charge is -2.24. The molecule has 0 unspecified atom stereocenters. The number of methoxy groups -OCH3 is 3. The van der Waals surface area contributed by atoms with Gasteiger partial charge in [0.25, 0.3) is 5.91 Å². The average Bonchev–Trinajstić information content (AvgIpc) is 3.14. The van der Waals surface area contributed by atoms with Gasteiger partial charge in [-0.1, -0.05) is 18.2 Å². The van der Waals surface area contributed by atoms with Crippen molar-refractivity contribution in [3.8, 4) is 17.2 Å². The zero-order chi connectivity index (χ0) is 25.5. The van der Waals surface area contributed by atoms with Crippen molar-refractivity contribution in [2.75, 3.05) is 57.7 Å². The maximum Gasteiger partial charge on any atom is 0.258 e. The molecule has 0 atom stereocenters. The van der Waals surface area contributed by atoms with Gasteiger partial charge in [0.05, 0.1) is 38.8 Å². The predicted octanol–water partition coefficient (Wildman–Crippen LogP) is 4.21. The van der Waals surface area contributed by atoms with E-state index in [0.29, 0.717) is 22.9 Å². The van der Waals surface area contributed by atoms with Crippen molar-refractivity contribution in [3.63, 3.8) is 0 Å². The molecule has 0 radical (unpaired) electrons. The smallest absolute Gasteiger partial charge is 0.258 e. The molecule has 0 saturated carbocycles. The summed E-state index contributed by atoms with van der Waals surface area (Å²) in [5, 5.41) is 2.70. The van der Waals surface area contributed by atoms with E-state index in [4.69, 9.17) is 14.2 Å². The van der Waals surface area contributed by atoms with E-state index in [0.717, 1.165) is 50.5 Å². The third-order valence-electron chi connectivity index (χ3n) is 6.22. The fourth-order valence-electron chi connectivity index (χ4n) is 4.38. The first-order chi connectivity index (χ1) is 17.5. The minimum Gasteiger partial charge on any atom is -0.493 e. The number of hydrogen-bond donors (Lipinski definition) is 1. The summed E-state index contributed by atoms with van der Waals surface area (Å²) in [4.78, 5) is 21.5. The highest BCUT2D eigenvalue weighted by molar-refractivity contribution is 6.04. The minimum absolute atomic E-state index is 0.000275. The molecular weight excluding hydrogens is 463 g/mol. The summed E-state index contributed by atoms with van der Waals surface area (Å²) in [5.74, 6) is 1.70. The molecule has 1 saturated heterocycles. The Bertz CT molecular complexity index is 1190. The number of anilines is 2. The predicted molar refractivity (Wildman–Crippen MR) is 137 cm³/mol. The van der Waals surface area contributed by atoms with Crippen LogP contribution in [-0.4, -0.2) is 63.3 Å². The number of ether oxygens (including phenoxy) is 3. The van der Waals surface area contributed by atoms with Crippen LogP contribution >= 0.6 is 0 Å². The van der Waals surface area contributed by atoms with E-state index in [1.807, 2.05) is 18.2 Å². The van der Waals surface area contributed by atoms with Gasteiger partial charge in [0, 0.05) is 38.3 Å². The number of benzene rings is 2. The van der Waals surface area contributed by atoms with E-state index in [9.17, 15) is 9.18 Å². The van der Waals surface area contributed by atoms with Crippen LogP contribution in [0.5, 0.6) is 17.2 Å². The Morgan fingerprint density at radius 1 is 0.944 bits per heavy atom. The fraction of sp³-hybridized carbons (Fsp3) is 0.333. The van der Waals surface area contributed by atoms with Crippen LogP contribution < -0.4 is 24.4 Å². The highest BCUT2D eigenvalue weighted by Gasteiger charge is 2.21. The summed E-state index contributed by atoms with van der Waals surface area (Å²) >= 11 is 0. The molecule has 0 spiro atoms. The molecule has 4 rings (SSSR count). The van der Waals surface area contributed by atoms with Crippen molar-refractivity contribution in [2.24, 2.45) is 0 Å². The maximum atomic E-state index is 13.9. The van der Waals surface area contributed by atoms with Crippen molar-refractivity contribution >= 4 is 17.4 Å². The number of carbonyl (C=O) groups excluding carboxylic acids is 1. The van der Waals surface area contributed by atoms with Gasteiger partial charge in [-0.15, -0.1) is 0 Å². The number of nitrogens with zero attached hydrogens (tertiary/aromatic N) is 3. The number of nitrogens with one attached hydrogen (secondary N) is 1. The first-order valence-corrected chi connectivity index (χ1v) is 11.8. The number of rotatable bonds is 8. The summed E-state index contributed by atoms with van der Waals surface area (Å²) < 4.78 is 30.4. The molecule has 8 nitrogen and oxygen atoms in total. The van der Waals surface area contributed by atoms with Crippen molar-refractivity contribution in [3.05, 3.63) is 71.7 Å². The molecular formula is C27H31FN4O4. The van der Waals surface area contributed by atoms with Crippen LogP contribution in [0.2, 0.25) is 0 Å². The lowest BCUT2D eigenvalue weighted by molar-refractivity contribution is 0.102. The molecule has 3 aromatic rings. The van der Waals surface area contributed by atoms with Crippen molar-refractivity contribution in [2.45, 2.75) is 13.0 Å². The highest BCUT2D eigenvalue weighted by atomic mass is 19.1. The monoisotopic (exact) mass is 494 g/mol. The van der Waals surface area contributed by atoms with Crippen LogP contribution in [0.1, 0.15) is 22.3 Å². The molecule has 2 heterocycles. The Hall–Kier alpha value is -3.85. The number of amides is 1. The van der Waals surface area contributed by atoms with E-state index in [-0.39, 0.29) is 5.56 Å². The number of pyridine rings is 1. The second-order valence-electron chi connectivity index (χ2n) is 8.45. The Morgan fingerprint density at radius 2 is 1.75 bits per heavy atom. The third-order valence-corrected chi connectivity index (χ3v) is 6.22. The molecule has 0 bridgehead atoms. The van der Waals surface area contributed by atoms with Crippen LogP contribution in [-0.2, 0) is 6.54 Å². The Balaban J connectivity index is 1.38. The maximum absolute atomic E-state index is 13.9. The molecule has 1 aromatic heterocycles. The van der Waals surface area contributed by atoms with Gasteiger partial charge in [0.15, 0.2) is 11.5 Å². The standard InChI is InChI=1S/C27H31FN4O4/c1-34-23-11-9-19(25(35-2)26(23)36-3)18-31-13-6-14-32(16-15-31)24-12-10-20(17-29-24)30-27(33)21-7-4-5-8-22(21)28/h4-5,7-12,17H,6,13-16,18H2,1-3H3,(H,30,33). The van der Waals surface area contributed by atoms with Gasteiger partial charge in [0.2, 0.25) is 5.75 Å². The second-order valence-corrected chi connectivity index (χ2v) is 8.45. The molecule has 0 aliphatic carbocycles. The molecule has 190 valence electrons. The second kappa shape index (κ2) is 11.7. The van der Waals surface area contributed by atoms with E-state index in [1.165, 1.54) is 12.1 Å². The molecule has 1 fully saturated rings. The van der Waals surface area contributed by atoms with Gasteiger partial charge >= 0.3 is 0 Å². The van der Waals surface area contributed by atoms with Crippen molar-refractivity contribution in [1.82, 2.24) is 9.88 Å². The van der Waals surface area contributed by atoms with Gasteiger partial charge in [-0.05, 0) is 36.8 Å². The van der Waals surface area contributed by atoms with Crippen LogP contribution in [0, 0.1) is 5.82 Å². The lowest BCUT2D eigenvalue weighted by atomic mass is 10.1. The van der Waals surface area contributed by atoms with Gasteiger partial charge in [-0.25, -0.2) is 9.37 Å². The van der Waals surface area contributed by atoms with E-state index >= 15 is 0 Å². The number of aromatic nitrogens is 1. The molecule has 36 heavy (non-hydrogen) atoms. The Morgan fingerprint density at radius 3 is 2.44 bits per heavy atom. The molecule has 1 N–H and O–H groups in total. The van der Waals surface area contributed by atoms with Gasteiger partial charge in [-0.3, -0.25) is 9.69 Å². The van der Waals surface area contributed by atoms with E-state index in [2.05, 4.69) is 20.1 Å². The normalized spacial score (nSPS) is 14.2. The highest BCUT2D eigenvalue weighted by Crippen LogP contribution is 2.40. The first-order valence-electron chi connectivity index (χ1n) is 11.8. The number of carbonyl (C=O) groups is 1. The molecule has 1 aliphatic heterocycles. The summed E-state index contributed by atoms with van der Waals surface area (Å²) in [6.45, 7) is 4.19. The third kappa shape index (κ3) is 5.68. The summed E-state index contributed by atoms with van der Waals surface area (Å²) in [6.07, 6.45) is 2.58. The molecule has 2 aromatic carbocycles. The largest absolute Gasteiger partial charge is 0.493 e. The fourth-order valence-corrected chi connectivity index (χ4v) is 4.38. The SMILES string of the molecule is COc1ccc(CN2CCCN(c3ccc(NC(=O)c4ccccc4F)cn3)CC2)c(OC)c1OC. The quantitative estimate of drug-likeness (QED) is 0.503.